The summed E-state index contributed by atoms with van der Waals surface area (Å²) in [5.74, 6) is 2.80. The number of aromatic nitrogens is 3. The minimum atomic E-state index is -0.246. The SMILES string of the molecule is COc1ccccc1-c1nnc(SCC(=O)NC[C@@H]2COc3ccccc3O2)n1-c1ccccc1. The Labute approximate surface area is 207 Å². The fourth-order valence-corrected chi connectivity index (χ4v) is 4.53. The number of methoxy groups -OCH3 is 1. The van der Waals surface area contributed by atoms with Gasteiger partial charge in [0.2, 0.25) is 5.91 Å². The van der Waals surface area contributed by atoms with Crippen LogP contribution in [0.3, 0.4) is 0 Å². The third-order valence-corrected chi connectivity index (χ3v) is 6.35. The van der Waals surface area contributed by atoms with Gasteiger partial charge in [0.05, 0.1) is 25.0 Å². The molecule has 5 rings (SSSR count). The van der Waals surface area contributed by atoms with Gasteiger partial charge in [-0.2, -0.15) is 0 Å². The average molecular weight is 489 g/mol. The lowest BCUT2D eigenvalue weighted by Crippen LogP contribution is -2.41. The van der Waals surface area contributed by atoms with Gasteiger partial charge in [-0.05, 0) is 36.4 Å². The van der Waals surface area contributed by atoms with Crippen LogP contribution in [0.5, 0.6) is 17.2 Å². The number of benzene rings is 3. The largest absolute Gasteiger partial charge is 0.496 e. The molecule has 2 heterocycles. The van der Waals surface area contributed by atoms with Crippen molar-refractivity contribution in [3.63, 3.8) is 0 Å². The highest BCUT2D eigenvalue weighted by Gasteiger charge is 2.22. The molecular weight excluding hydrogens is 464 g/mol. The third-order valence-electron chi connectivity index (χ3n) is 5.42. The van der Waals surface area contributed by atoms with Gasteiger partial charge in [0.1, 0.15) is 18.5 Å². The molecule has 1 aromatic heterocycles. The fraction of sp³-hybridized carbons (Fsp3) is 0.192. The van der Waals surface area contributed by atoms with Gasteiger partial charge in [-0.3, -0.25) is 9.36 Å². The van der Waals surface area contributed by atoms with Crippen molar-refractivity contribution in [2.75, 3.05) is 26.0 Å². The topological polar surface area (TPSA) is 87.5 Å². The van der Waals surface area contributed by atoms with Gasteiger partial charge in [-0.25, -0.2) is 0 Å². The molecule has 0 aliphatic carbocycles. The minimum absolute atomic E-state index is 0.126. The molecular formula is C26H24N4O4S. The summed E-state index contributed by atoms with van der Waals surface area (Å²) in [6.07, 6.45) is -0.246. The standard InChI is InChI=1S/C26H24N4O4S/c1-32-21-12-6-5-11-20(21)25-28-29-26(30(25)18-9-3-2-4-10-18)35-17-24(31)27-15-19-16-33-22-13-7-8-14-23(22)34-19/h2-14,19H,15-17H2,1H3,(H,27,31)/t19-/m1/s1. The van der Waals surface area contributed by atoms with Crippen LogP contribution in [0.2, 0.25) is 0 Å². The molecule has 0 saturated carbocycles. The van der Waals surface area contributed by atoms with Gasteiger partial charge in [0, 0.05) is 5.69 Å². The van der Waals surface area contributed by atoms with Crippen molar-refractivity contribution in [2.24, 2.45) is 0 Å². The first-order chi connectivity index (χ1) is 17.2. The molecule has 8 nitrogen and oxygen atoms in total. The van der Waals surface area contributed by atoms with Gasteiger partial charge < -0.3 is 19.5 Å². The molecule has 1 amide bonds. The number of thioether (sulfide) groups is 1. The number of ether oxygens (including phenoxy) is 3. The van der Waals surface area contributed by atoms with E-state index in [1.54, 1.807) is 7.11 Å². The molecule has 0 spiro atoms. The highest BCUT2D eigenvalue weighted by molar-refractivity contribution is 7.99. The van der Waals surface area contributed by atoms with Crippen LogP contribution in [-0.4, -0.2) is 52.8 Å². The number of carbonyl (C=O) groups is 1. The molecule has 178 valence electrons. The average Bonchev–Trinajstić information content (AvgIpc) is 3.34. The summed E-state index contributed by atoms with van der Waals surface area (Å²) in [6, 6.07) is 25.0. The zero-order valence-corrected chi connectivity index (χ0v) is 19.9. The van der Waals surface area contributed by atoms with E-state index in [2.05, 4.69) is 15.5 Å². The van der Waals surface area contributed by atoms with E-state index >= 15 is 0 Å². The molecule has 4 aromatic rings. The molecule has 1 atom stereocenters. The number of rotatable bonds is 8. The highest BCUT2D eigenvalue weighted by Crippen LogP contribution is 2.33. The number of hydrogen-bond acceptors (Lipinski definition) is 7. The molecule has 1 N–H and O–H groups in total. The molecule has 0 fully saturated rings. The second-order valence-electron chi connectivity index (χ2n) is 7.77. The van der Waals surface area contributed by atoms with E-state index in [-0.39, 0.29) is 17.8 Å². The zero-order chi connectivity index (χ0) is 24.0. The van der Waals surface area contributed by atoms with Gasteiger partial charge in [0.15, 0.2) is 22.5 Å². The molecule has 1 aliphatic heterocycles. The first-order valence-corrected chi connectivity index (χ1v) is 12.1. The Balaban J connectivity index is 1.28. The zero-order valence-electron chi connectivity index (χ0n) is 19.1. The Hall–Kier alpha value is -3.98. The Kier molecular flexibility index (Phi) is 6.85. The molecule has 0 saturated heterocycles. The second kappa shape index (κ2) is 10.5. The number of carbonyl (C=O) groups excluding carboxylic acids is 1. The van der Waals surface area contributed by atoms with Gasteiger partial charge in [-0.1, -0.05) is 54.2 Å². The summed E-state index contributed by atoms with van der Waals surface area (Å²) in [4.78, 5) is 12.6. The van der Waals surface area contributed by atoms with Crippen LogP contribution in [0, 0.1) is 0 Å². The third kappa shape index (κ3) is 5.09. The maximum absolute atomic E-state index is 12.6. The second-order valence-corrected chi connectivity index (χ2v) is 8.71. The molecule has 3 aromatic carbocycles. The van der Waals surface area contributed by atoms with Crippen molar-refractivity contribution in [3.8, 4) is 34.3 Å². The van der Waals surface area contributed by atoms with Crippen LogP contribution in [0.25, 0.3) is 17.1 Å². The minimum Gasteiger partial charge on any atom is -0.496 e. The number of nitrogens with zero attached hydrogens (tertiary/aromatic N) is 3. The van der Waals surface area contributed by atoms with Crippen LogP contribution < -0.4 is 19.5 Å². The molecule has 0 bridgehead atoms. The lowest BCUT2D eigenvalue weighted by molar-refractivity contribution is -0.119. The van der Waals surface area contributed by atoms with Crippen molar-refractivity contribution in [1.82, 2.24) is 20.1 Å². The lowest BCUT2D eigenvalue weighted by atomic mass is 10.2. The Morgan fingerprint density at radius 3 is 2.60 bits per heavy atom. The van der Waals surface area contributed by atoms with E-state index in [0.717, 1.165) is 17.0 Å². The van der Waals surface area contributed by atoms with E-state index in [0.29, 0.717) is 35.6 Å². The van der Waals surface area contributed by atoms with Crippen LogP contribution in [0.4, 0.5) is 0 Å². The Morgan fingerprint density at radius 2 is 1.77 bits per heavy atom. The van der Waals surface area contributed by atoms with Crippen LogP contribution in [-0.2, 0) is 4.79 Å². The number of hydrogen-bond donors (Lipinski definition) is 1. The Morgan fingerprint density at radius 1 is 1.03 bits per heavy atom. The number of nitrogens with one attached hydrogen (secondary N) is 1. The first-order valence-electron chi connectivity index (χ1n) is 11.1. The Bertz CT molecular complexity index is 1310. The first kappa shape index (κ1) is 22.8. The summed E-state index contributed by atoms with van der Waals surface area (Å²) in [7, 11) is 1.63. The number of para-hydroxylation sites is 4. The van der Waals surface area contributed by atoms with E-state index in [1.165, 1.54) is 11.8 Å². The summed E-state index contributed by atoms with van der Waals surface area (Å²) in [5, 5.41) is 12.4. The highest BCUT2D eigenvalue weighted by atomic mass is 32.2. The molecule has 0 radical (unpaired) electrons. The van der Waals surface area contributed by atoms with Crippen molar-refractivity contribution in [1.29, 1.82) is 0 Å². The van der Waals surface area contributed by atoms with E-state index in [4.69, 9.17) is 14.2 Å². The maximum atomic E-state index is 12.6. The summed E-state index contributed by atoms with van der Waals surface area (Å²) in [6.45, 7) is 0.737. The van der Waals surface area contributed by atoms with Crippen molar-refractivity contribution in [2.45, 2.75) is 11.3 Å². The lowest BCUT2D eigenvalue weighted by Gasteiger charge is -2.26. The predicted molar refractivity (Wildman–Crippen MR) is 133 cm³/mol. The van der Waals surface area contributed by atoms with Crippen molar-refractivity contribution >= 4 is 17.7 Å². The van der Waals surface area contributed by atoms with E-state index < -0.39 is 0 Å². The van der Waals surface area contributed by atoms with Gasteiger partial charge in [0.25, 0.3) is 0 Å². The molecule has 35 heavy (non-hydrogen) atoms. The smallest absolute Gasteiger partial charge is 0.230 e. The number of amides is 1. The van der Waals surface area contributed by atoms with Crippen molar-refractivity contribution in [3.05, 3.63) is 78.9 Å². The maximum Gasteiger partial charge on any atom is 0.230 e. The van der Waals surface area contributed by atoms with Gasteiger partial charge in [-0.15, -0.1) is 10.2 Å². The summed E-state index contributed by atoms with van der Waals surface area (Å²) >= 11 is 1.32. The van der Waals surface area contributed by atoms with Crippen molar-refractivity contribution < 1.29 is 19.0 Å². The van der Waals surface area contributed by atoms with Crippen LogP contribution in [0.15, 0.2) is 84.0 Å². The molecule has 9 heteroatoms. The monoisotopic (exact) mass is 488 g/mol. The van der Waals surface area contributed by atoms with Crippen LogP contribution >= 0.6 is 11.8 Å². The normalized spacial score (nSPS) is 14.4. The quantitative estimate of drug-likeness (QED) is 0.375. The van der Waals surface area contributed by atoms with E-state index in [9.17, 15) is 4.79 Å². The summed E-state index contributed by atoms with van der Waals surface area (Å²) in [5.41, 5.74) is 1.71. The fourth-order valence-electron chi connectivity index (χ4n) is 3.75. The summed E-state index contributed by atoms with van der Waals surface area (Å²) < 4.78 is 19.1. The van der Waals surface area contributed by atoms with Gasteiger partial charge >= 0.3 is 0 Å². The molecule has 1 aliphatic rings. The van der Waals surface area contributed by atoms with E-state index in [1.807, 2.05) is 83.4 Å². The molecule has 0 unspecified atom stereocenters. The predicted octanol–water partition coefficient (Wildman–Crippen LogP) is 3.99. The van der Waals surface area contributed by atoms with Crippen LogP contribution in [0.1, 0.15) is 0 Å². The number of fused-ring (bicyclic) bond motifs is 1.